The lowest BCUT2D eigenvalue weighted by molar-refractivity contribution is 0.233. The van der Waals surface area contributed by atoms with E-state index in [0.29, 0.717) is 0 Å². The molecule has 5 heteroatoms. The molecule has 2 rings (SSSR count). The summed E-state index contributed by atoms with van der Waals surface area (Å²) < 4.78 is 0. The van der Waals surface area contributed by atoms with Crippen molar-refractivity contribution in [1.29, 1.82) is 0 Å². The van der Waals surface area contributed by atoms with E-state index in [2.05, 4.69) is 10.2 Å². The third-order valence-corrected chi connectivity index (χ3v) is 3.36. The van der Waals surface area contributed by atoms with Crippen LogP contribution >= 0.6 is 35.6 Å². The highest BCUT2D eigenvalue weighted by Crippen LogP contribution is 2.25. The molecule has 1 aromatic carbocycles. The van der Waals surface area contributed by atoms with Crippen LogP contribution in [0.3, 0.4) is 0 Å². The van der Waals surface area contributed by atoms with Crippen LogP contribution in [0.25, 0.3) is 0 Å². The van der Waals surface area contributed by atoms with E-state index in [0.717, 1.165) is 48.3 Å². The van der Waals surface area contributed by atoms with Gasteiger partial charge in [0, 0.05) is 48.3 Å². The maximum absolute atomic E-state index is 6.12. The summed E-state index contributed by atoms with van der Waals surface area (Å²) in [6.45, 7) is 5.05. The SMILES string of the molecule is Cl.Clc1cccc(Cl)c1CN1CCNCC1. The molecule has 0 bridgehead atoms. The van der Waals surface area contributed by atoms with Crippen molar-refractivity contribution in [2.45, 2.75) is 6.54 Å². The second-order valence-corrected chi connectivity index (χ2v) is 4.54. The number of hydrogen-bond donors (Lipinski definition) is 1. The molecule has 1 aromatic rings. The Balaban J connectivity index is 0.00000128. The van der Waals surface area contributed by atoms with Gasteiger partial charge in [0.15, 0.2) is 0 Å². The van der Waals surface area contributed by atoms with Crippen LogP contribution in [0.15, 0.2) is 18.2 Å². The number of hydrogen-bond acceptors (Lipinski definition) is 2. The van der Waals surface area contributed by atoms with Crippen LogP contribution < -0.4 is 5.32 Å². The molecule has 0 atom stereocenters. The van der Waals surface area contributed by atoms with Gasteiger partial charge in [-0.05, 0) is 12.1 Å². The Labute approximate surface area is 112 Å². The standard InChI is InChI=1S/C11H14Cl2N2.ClH/c12-10-2-1-3-11(13)9(10)8-15-6-4-14-5-7-15;/h1-3,14H,4-8H2;1H. The van der Waals surface area contributed by atoms with Crippen LogP contribution in [0.2, 0.25) is 10.0 Å². The van der Waals surface area contributed by atoms with E-state index in [1.165, 1.54) is 0 Å². The fourth-order valence-electron chi connectivity index (χ4n) is 1.78. The van der Waals surface area contributed by atoms with Gasteiger partial charge in [0.05, 0.1) is 0 Å². The zero-order valence-electron chi connectivity index (χ0n) is 8.88. The van der Waals surface area contributed by atoms with Gasteiger partial charge < -0.3 is 5.32 Å². The highest BCUT2D eigenvalue weighted by Gasteiger charge is 2.13. The van der Waals surface area contributed by atoms with Crippen LogP contribution in [0, 0.1) is 0 Å². The molecule has 1 N–H and O–H groups in total. The summed E-state index contributed by atoms with van der Waals surface area (Å²) in [5, 5.41) is 4.85. The Morgan fingerprint density at radius 2 is 1.69 bits per heavy atom. The van der Waals surface area contributed by atoms with Gasteiger partial charge in [0.2, 0.25) is 0 Å². The zero-order chi connectivity index (χ0) is 10.7. The predicted octanol–water partition coefficient (Wildman–Crippen LogP) is 2.82. The Hall–Kier alpha value is 0.01000. The summed E-state index contributed by atoms with van der Waals surface area (Å²) in [7, 11) is 0. The molecule has 0 spiro atoms. The molecule has 2 nitrogen and oxygen atoms in total. The first-order chi connectivity index (χ1) is 7.27. The van der Waals surface area contributed by atoms with Crippen molar-refractivity contribution in [3.63, 3.8) is 0 Å². The fourth-order valence-corrected chi connectivity index (χ4v) is 2.29. The molecule has 0 unspecified atom stereocenters. The summed E-state index contributed by atoms with van der Waals surface area (Å²) in [5.41, 5.74) is 1.04. The molecule has 1 aliphatic rings. The average molecular weight is 282 g/mol. The second kappa shape index (κ2) is 6.67. The van der Waals surface area contributed by atoms with E-state index in [1.54, 1.807) is 0 Å². The summed E-state index contributed by atoms with van der Waals surface area (Å²) in [4.78, 5) is 2.36. The summed E-state index contributed by atoms with van der Waals surface area (Å²) in [6, 6.07) is 5.67. The van der Waals surface area contributed by atoms with Crippen LogP contribution in [0.1, 0.15) is 5.56 Å². The highest BCUT2D eigenvalue weighted by atomic mass is 35.5. The molecule has 1 fully saturated rings. The van der Waals surface area contributed by atoms with Gasteiger partial charge in [-0.2, -0.15) is 0 Å². The van der Waals surface area contributed by atoms with Gasteiger partial charge in [-0.25, -0.2) is 0 Å². The molecule has 16 heavy (non-hydrogen) atoms. The third kappa shape index (κ3) is 3.51. The van der Waals surface area contributed by atoms with Crippen LogP contribution in [-0.4, -0.2) is 31.1 Å². The minimum absolute atomic E-state index is 0. The number of halogens is 3. The van der Waals surface area contributed by atoms with E-state index in [-0.39, 0.29) is 12.4 Å². The molecule has 90 valence electrons. The Kier molecular flexibility index (Phi) is 5.87. The van der Waals surface area contributed by atoms with E-state index < -0.39 is 0 Å². The lowest BCUT2D eigenvalue weighted by atomic mass is 10.2. The summed E-state index contributed by atoms with van der Waals surface area (Å²) in [5.74, 6) is 0. The molecule has 0 radical (unpaired) electrons. The Morgan fingerprint density at radius 1 is 1.12 bits per heavy atom. The predicted molar refractivity (Wildman–Crippen MR) is 71.9 cm³/mol. The maximum atomic E-state index is 6.12. The summed E-state index contributed by atoms with van der Waals surface area (Å²) in [6.07, 6.45) is 0. The van der Waals surface area contributed by atoms with Crippen molar-refractivity contribution < 1.29 is 0 Å². The number of nitrogens with zero attached hydrogens (tertiary/aromatic N) is 1. The number of piperazine rings is 1. The molecular weight excluding hydrogens is 266 g/mol. The van der Waals surface area contributed by atoms with Crippen molar-refractivity contribution >= 4 is 35.6 Å². The minimum atomic E-state index is 0. The van der Waals surface area contributed by atoms with Gasteiger partial charge in [0.25, 0.3) is 0 Å². The van der Waals surface area contributed by atoms with E-state index in [9.17, 15) is 0 Å². The Bertz CT molecular complexity index is 318. The summed E-state index contributed by atoms with van der Waals surface area (Å²) >= 11 is 12.2. The lowest BCUT2D eigenvalue weighted by Crippen LogP contribution is -2.42. The molecule has 0 aromatic heterocycles. The zero-order valence-corrected chi connectivity index (χ0v) is 11.2. The highest BCUT2D eigenvalue weighted by molar-refractivity contribution is 6.35. The first-order valence-corrected chi connectivity index (χ1v) is 5.89. The lowest BCUT2D eigenvalue weighted by Gasteiger charge is -2.27. The first-order valence-electron chi connectivity index (χ1n) is 5.13. The number of benzene rings is 1. The fraction of sp³-hybridized carbons (Fsp3) is 0.455. The van der Waals surface area contributed by atoms with E-state index >= 15 is 0 Å². The monoisotopic (exact) mass is 280 g/mol. The van der Waals surface area contributed by atoms with Crippen molar-refractivity contribution in [2.75, 3.05) is 26.2 Å². The minimum Gasteiger partial charge on any atom is -0.314 e. The van der Waals surface area contributed by atoms with Crippen molar-refractivity contribution in [3.05, 3.63) is 33.8 Å². The van der Waals surface area contributed by atoms with Crippen LogP contribution in [0.4, 0.5) is 0 Å². The Morgan fingerprint density at radius 3 is 2.25 bits per heavy atom. The van der Waals surface area contributed by atoms with Crippen LogP contribution in [0.5, 0.6) is 0 Å². The number of nitrogens with one attached hydrogen (secondary N) is 1. The number of rotatable bonds is 2. The van der Waals surface area contributed by atoms with Crippen molar-refractivity contribution in [1.82, 2.24) is 10.2 Å². The quantitative estimate of drug-likeness (QED) is 0.897. The molecule has 1 saturated heterocycles. The average Bonchev–Trinajstić information content (AvgIpc) is 2.25. The van der Waals surface area contributed by atoms with Crippen molar-refractivity contribution in [3.8, 4) is 0 Å². The van der Waals surface area contributed by atoms with Crippen molar-refractivity contribution in [2.24, 2.45) is 0 Å². The van der Waals surface area contributed by atoms with Crippen LogP contribution in [-0.2, 0) is 6.54 Å². The normalized spacial score (nSPS) is 16.9. The van der Waals surface area contributed by atoms with E-state index in [1.807, 2.05) is 18.2 Å². The topological polar surface area (TPSA) is 15.3 Å². The molecule has 0 aliphatic carbocycles. The third-order valence-electron chi connectivity index (χ3n) is 2.65. The van der Waals surface area contributed by atoms with E-state index in [4.69, 9.17) is 23.2 Å². The molecule has 0 amide bonds. The van der Waals surface area contributed by atoms with Gasteiger partial charge in [-0.15, -0.1) is 12.4 Å². The van der Waals surface area contributed by atoms with Gasteiger partial charge >= 0.3 is 0 Å². The second-order valence-electron chi connectivity index (χ2n) is 3.73. The largest absolute Gasteiger partial charge is 0.314 e. The molecule has 0 saturated carbocycles. The molecule has 1 heterocycles. The first kappa shape index (κ1) is 14.1. The maximum Gasteiger partial charge on any atom is 0.0465 e. The van der Waals surface area contributed by atoms with Gasteiger partial charge in [0.1, 0.15) is 0 Å². The molecular formula is C11H15Cl3N2. The van der Waals surface area contributed by atoms with Gasteiger partial charge in [-0.1, -0.05) is 29.3 Å². The van der Waals surface area contributed by atoms with Gasteiger partial charge in [-0.3, -0.25) is 4.90 Å². The molecule has 1 aliphatic heterocycles. The smallest absolute Gasteiger partial charge is 0.0465 e.